The number of aromatic nitrogens is 1. The summed E-state index contributed by atoms with van der Waals surface area (Å²) in [6, 6.07) is 24.4. The molecule has 49 heavy (non-hydrogen) atoms. The second-order valence-electron chi connectivity index (χ2n) is 11.6. The molecule has 2 heterocycles. The van der Waals surface area contributed by atoms with Crippen molar-refractivity contribution in [3.8, 4) is 22.4 Å². The molecule has 252 valence electrons. The van der Waals surface area contributed by atoms with E-state index in [2.05, 4.69) is 14.5 Å². The number of carboxylic acids is 1. The van der Waals surface area contributed by atoms with Crippen LogP contribution < -0.4 is 14.5 Å². The Morgan fingerprint density at radius 3 is 2.14 bits per heavy atom. The first-order valence-corrected chi connectivity index (χ1v) is 17.1. The number of nitrogens with one attached hydrogen (secondary N) is 1. The molecule has 1 aromatic heterocycles. The van der Waals surface area contributed by atoms with Crippen molar-refractivity contribution in [2.45, 2.75) is 11.8 Å². The van der Waals surface area contributed by atoms with Crippen molar-refractivity contribution < 1.29 is 27.6 Å². The number of sulfonamides is 1. The summed E-state index contributed by atoms with van der Waals surface area (Å²) < 4.78 is 43.7. The van der Waals surface area contributed by atoms with Crippen molar-refractivity contribution in [2.24, 2.45) is 7.05 Å². The van der Waals surface area contributed by atoms with Crippen molar-refractivity contribution in [1.82, 2.24) is 4.57 Å². The largest absolute Gasteiger partial charge is 0.478 e. The molecule has 0 unspecified atom stereocenters. The predicted octanol–water partition coefficient (Wildman–Crippen LogP) is 7.19. The molecular weight excluding hydrogens is 673 g/mol. The highest BCUT2D eigenvalue weighted by atomic mass is 35.5. The molecule has 0 radical (unpaired) electrons. The maximum absolute atomic E-state index is 13.7. The van der Waals surface area contributed by atoms with E-state index in [1.165, 1.54) is 0 Å². The fourth-order valence-electron chi connectivity index (χ4n) is 6.13. The predicted molar refractivity (Wildman–Crippen MR) is 188 cm³/mol. The van der Waals surface area contributed by atoms with E-state index < -0.39 is 37.3 Å². The average Bonchev–Trinajstić information content (AvgIpc) is 3.35. The Morgan fingerprint density at radius 1 is 0.898 bits per heavy atom. The minimum atomic E-state index is -4.20. The number of carbonyl (C=O) groups is 1. The van der Waals surface area contributed by atoms with E-state index in [9.17, 15) is 32.8 Å². The molecule has 11 nitrogen and oxygen atoms in total. The smallest absolute Gasteiger partial charge is 0.338 e. The number of benzene rings is 4. The van der Waals surface area contributed by atoms with E-state index in [0.717, 1.165) is 40.3 Å². The fraction of sp³-hybridized carbons (Fsp3) is 0.171. The third kappa shape index (κ3) is 6.67. The quantitative estimate of drug-likeness (QED) is 0.122. The van der Waals surface area contributed by atoms with E-state index in [4.69, 9.17) is 11.6 Å². The number of hydrogen-bond donors (Lipinski definition) is 2. The van der Waals surface area contributed by atoms with Crippen LogP contribution in [0.25, 0.3) is 22.4 Å². The van der Waals surface area contributed by atoms with Gasteiger partial charge in [0.1, 0.15) is 0 Å². The van der Waals surface area contributed by atoms with Crippen LogP contribution in [0.1, 0.15) is 16.1 Å². The molecule has 4 aromatic carbocycles. The first-order valence-electron chi connectivity index (χ1n) is 15.2. The van der Waals surface area contributed by atoms with Gasteiger partial charge in [0.25, 0.3) is 10.0 Å². The van der Waals surface area contributed by atoms with Crippen LogP contribution in [0.3, 0.4) is 0 Å². The first-order chi connectivity index (χ1) is 23.3. The molecule has 0 atom stereocenters. The summed E-state index contributed by atoms with van der Waals surface area (Å²) in [5.74, 6) is -2.12. The van der Waals surface area contributed by atoms with Gasteiger partial charge in [0.2, 0.25) is 5.82 Å². The first kappa shape index (κ1) is 33.5. The molecule has 0 aliphatic carbocycles. The number of rotatable bonds is 9. The molecule has 6 rings (SSSR count). The third-order valence-corrected chi connectivity index (χ3v) is 10.3. The summed E-state index contributed by atoms with van der Waals surface area (Å²) in [4.78, 5) is 26.6. The van der Waals surface area contributed by atoms with Gasteiger partial charge in [-0.25, -0.2) is 13.2 Å². The van der Waals surface area contributed by atoms with E-state index in [0.29, 0.717) is 48.5 Å². The summed E-state index contributed by atoms with van der Waals surface area (Å²) in [7, 11) is -2.33. The number of anilines is 3. The molecule has 0 bridgehead atoms. The van der Waals surface area contributed by atoms with Gasteiger partial charge in [-0.05, 0) is 78.7 Å². The summed E-state index contributed by atoms with van der Waals surface area (Å²) in [5.41, 5.74) is 5.14. The van der Waals surface area contributed by atoms with Crippen LogP contribution in [0, 0.1) is 22.9 Å². The molecular formula is C35H31ClFN5O6S. The highest BCUT2D eigenvalue weighted by Gasteiger charge is 2.27. The molecule has 1 aliphatic rings. The SMILES string of the molecule is Cc1c(C(=O)O)c(-c2cccc(N3CCN(c4ccc(NS(=O)(=O)c5ccc(F)c([N+](=O)[O-])c5)cc4)CC3)c2)c(-c2ccc(Cl)cc2)n1C. The van der Waals surface area contributed by atoms with E-state index in [1.807, 2.05) is 48.0 Å². The van der Waals surface area contributed by atoms with Gasteiger partial charge in [0, 0.05) is 72.6 Å². The number of nitro groups is 1. The zero-order chi connectivity index (χ0) is 35.0. The second kappa shape index (κ2) is 13.2. The Morgan fingerprint density at radius 2 is 1.53 bits per heavy atom. The molecule has 14 heteroatoms. The molecule has 5 aromatic rings. The van der Waals surface area contributed by atoms with Crippen molar-refractivity contribution >= 4 is 50.3 Å². The van der Waals surface area contributed by atoms with Crippen molar-refractivity contribution in [1.29, 1.82) is 0 Å². The number of piperazine rings is 1. The lowest BCUT2D eigenvalue weighted by Gasteiger charge is -2.37. The normalized spacial score (nSPS) is 13.4. The highest BCUT2D eigenvalue weighted by molar-refractivity contribution is 7.92. The van der Waals surface area contributed by atoms with E-state index in [-0.39, 0.29) is 11.3 Å². The summed E-state index contributed by atoms with van der Waals surface area (Å²) in [6.07, 6.45) is 0. The van der Waals surface area contributed by atoms with Gasteiger partial charge in [-0.3, -0.25) is 14.8 Å². The van der Waals surface area contributed by atoms with E-state index >= 15 is 0 Å². The highest BCUT2D eigenvalue weighted by Crippen LogP contribution is 2.40. The summed E-state index contributed by atoms with van der Waals surface area (Å²) in [5, 5.41) is 21.9. The van der Waals surface area contributed by atoms with E-state index in [1.54, 1.807) is 43.3 Å². The van der Waals surface area contributed by atoms with Crippen molar-refractivity contribution in [3.05, 3.63) is 123 Å². The van der Waals surface area contributed by atoms with Gasteiger partial charge in [-0.1, -0.05) is 35.9 Å². The van der Waals surface area contributed by atoms with Crippen molar-refractivity contribution in [2.75, 3.05) is 40.7 Å². The Bertz CT molecular complexity index is 2180. The Kier molecular flexibility index (Phi) is 9.06. The third-order valence-electron chi connectivity index (χ3n) is 8.71. The fourth-order valence-corrected chi connectivity index (χ4v) is 7.33. The van der Waals surface area contributed by atoms with Crippen molar-refractivity contribution in [3.63, 3.8) is 0 Å². The van der Waals surface area contributed by atoms with Crippen LogP contribution in [0.2, 0.25) is 5.02 Å². The molecule has 0 amide bonds. The van der Waals surface area contributed by atoms with Crippen LogP contribution in [0.5, 0.6) is 0 Å². The van der Waals surface area contributed by atoms with Crippen LogP contribution in [-0.2, 0) is 17.1 Å². The van der Waals surface area contributed by atoms with Crippen LogP contribution in [-0.4, -0.2) is 55.2 Å². The molecule has 0 saturated carbocycles. The van der Waals surface area contributed by atoms with Crippen LogP contribution in [0.4, 0.5) is 27.1 Å². The minimum Gasteiger partial charge on any atom is -0.478 e. The molecule has 1 fully saturated rings. The number of aromatic carboxylic acids is 1. The molecule has 2 N–H and O–H groups in total. The van der Waals surface area contributed by atoms with Gasteiger partial charge in [-0.15, -0.1) is 0 Å². The Hall–Kier alpha value is -5.40. The standard InChI is InChI=1S/C35H31ClFN5O6S/c1-22-32(35(43)44)33(34(39(22)2)23-6-8-25(36)9-7-23)24-4-3-5-28(20-24)41-18-16-40(17-19-41)27-12-10-26(11-13-27)38-49(47,48)29-14-15-30(37)31(21-29)42(45)46/h3-15,20-21,38H,16-19H2,1-2H3,(H,43,44). The molecule has 0 spiro atoms. The second-order valence-corrected chi connectivity index (χ2v) is 13.7. The Labute approximate surface area is 287 Å². The monoisotopic (exact) mass is 703 g/mol. The average molecular weight is 704 g/mol. The maximum Gasteiger partial charge on any atom is 0.338 e. The topological polar surface area (TPSA) is 138 Å². The van der Waals surface area contributed by atoms with Crippen LogP contribution >= 0.6 is 11.6 Å². The van der Waals surface area contributed by atoms with Gasteiger partial charge in [0.05, 0.1) is 21.1 Å². The lowest BCUT2D eigenvalue weighted by atomic mass is 9.96. The van der Waals surface area contributed by atoms with Gasteiger partial charge in [0.15, 0.2) is 0 Å². The molecule has 1 saturated heterocycles. The number of halogens is 2. The van der Waals surface area contributed by atoms with Gasteiger partial charge in [-0.2, -0.15) is 4.39 Å². The van der Waals surface area contributed by atoms with Gasteiger partial charge < -0.3 is 19.5 Å². The lowest BCUT2D eigenvalue weighted by Crippen LogP contribution is -2.46. The number of hydrogen-bond acceptors (Lipinski definition) is 7. The summed E-state index contributed by atoms with van der Waals surface area (Å²) in [6.45, 7) is 4.52. The number of nitrogens with zero attached hydrogens (tertiary/aromatic N) is 4. The minimum absolute atomic E-state index is 0.249. The Balaban J connectivity index is 1.18. The summed E-state index contributed by atoms with van der Waals surface area (Å²) >= 11 is 6.14. The number of carboxylic acid groups (broad SMARTS) is 1. The number of nitro benzene ring substituents is 1. The van der Waals surface area contributed by atoms with Crippen LogP contribution in [0.15, 0.2) is 95.9 Å². The van der Waals surface area contributed by atoms with Gasteiger partial charge >= 0.3 is 11.7 Å². The zero-order valence-electron chi connectivity index (χ0n) is 26.4. The zero-order valence-corrected chi connectivity index (χ0v) is 28.0. The maximum atomic E-state index is 13.7. The molecule has 1 aliphatic heterocycles. The lowest BCUT2D eigenvalue weighted by molar-refractivity contribution is -0.387.